The third-order valence-electron chi connectivity index (χ3n) is 2.36. The summed E-state index contributed by atoms with van der Waals surface area (Å²) in [6.45, 7) is 7.62. The van der Waals surface area contributed by atoms with Gasteiger partial charge in [0.25, 0.3) is 0 Å². The van der Waals surface area contributed by atoms with Crippen LogP contribution >= 0.6 is 0 Å². The van der Waals surface area contributed by atoms with Crippen molar-refractivity contribution in [3.8, 4) is 0 Å². The van der Waals surface area contributed by atoms with Crippen molar-refractivity contribution in [2.45, 2.75) is 71.8 Å². The van der Waals surface area contributed by atoms with E-state index in [1.165, 1.54) is 44.9 Å². The second-order valence-electron chi connectivity index (χ2n) is 3.88. The van der Waals surface area contributed by atoms with Gasteiger partial charge in [0.15, 0.2) is 0 Å². The Morgan fingerprint density at radius 2 is 1.62 bits per heavy atom. The van der Waals surface area contributed by atoms with E-state index < -0.39 is 0 Å². The predicted octanol–water partition coefficient (Wildman–Crippen LogP) is 4.16. The molecule has 0 aromatic rings. The van der Waals surface area contributed by atoms with Gasteiger partial charge in [-0.3, -0.25) is 0 Å². The van der Waals surface area contributed by atoms with Gasteiger partial charge in [-0.25, -0.2) is 0 Å². The van der Waals surface area contributed by atoms with Gasteiger partial charge in [0.2, 0.25) is 0 Å². The number of rotatable bonds is 9. The molecule has 13 heavy (non-hydrogen) atoms. The maximum atomic E-state index is 5.69. The summed E-state index contributed by atoms with van der Waals surface area (Å²) >= 11 is 0. The highest BCUT2D eigenvalue weighted by atomic mass is 16.5. The maximum Gasteiger partial charge on any atom is 0.0547 e. The zero-order valence-electron chi connectivity index (χ0n) is 9.64. The predicted molar refractivity (Wildman–Crippen MR) is 59.1 cm³/mol. The van der Waals surface area contributed by atoms with Gasteiger partial charge in [-0.1, -0.05) is 46.0 Å². The van der Waals surface area contributed by atoms with Gasteiger partial charge in [-0.2, -0.15) is 0 Å². The summed E-state index contributed by atoms with van der Waals surface area (Å²) in [5.41, 5.74) is 0. The average Bonchev–Trinajstić information content (AvgIpc) is 2.14. The lowest BCUT2D eigenvalue weighted by atomic mass is 10.2. The Balaban J connectivity index is 3.03. The standard InChI is InChI=1S/C12H26O/c1-4-6-8-9-11-13-12(3)10-7-5-2/h12H,4-11H2,1-3H3. The Kier molecular flexibility index (Phi) is 10.0. The molecular formula is C12H26O. The smallest absolute Gasteiger partial charge is 0.0547 e. The minimum atomic E-state index is 0.474. The Labute approximate surface area is 83.9 Å². The lowest BCUT2D eigenvalue weighted by Crippen LogP contribution is -2.08. The molecule has 0 saturated heterocycles. The van der Waals surface area contributed by atoms with Crippen molar-refractivity contribution in [1.29, 1.82) is 0 Å². The van der Waals surface area contributed by atoms with Crippen molar-refractivity contribution >= 4 is 0 Å². The van der Waals surface area contributed by atoms with Crippen LogP contribution in [-0.4, -0.2) is 12.7 Å². The molecule has 0 aliphatic heterocycles. The minimum Gasteiger partial charge on any atom is -0.379 e. The molecule has 1 atom stereocenters. The normalized spacial score (nSPS) is 13.2. The van der Waals surface area contributed by atoms with E-state index in [9.17, 15) is 0 Å². The summed E-state index contributed by atoms with van der Waals surface area (Å²) in [6.07, 6.45) is 9.52. The van der Waals surface area contributed by atoms with Crippen LogP contribution in [0, 0.1) is 0 Å². The molecule has 0 amide bonds. The van der Waals surface area contributed by atoms with Crippen molar-refractivity contribution in [1.82, 2.24) is 0 Å². The van der Waals surface area contributed by atoms with E-state index in [2.05, 4.69) is 20.8 Å². The molecule has 1 nitrogen and oxygen atoms in total. The van der Waals surface area contributed by atoms with Gasteiger partial charge in [0.1, 0.15) is 0 Å². The zero-order valence-corrected chi connectivity index (χ0v) is 9.64. The molecule has 0 aromatic carbocycles. The third-order valence-corrected chi connectivity index (χ3v) is 2.36. The minimum absolute atomic E-state index is 0.474. The van der Waals surface area contributed by atoms with Crippen LogP contribution in [0.5, 0.6) is 0 Å². The first-order chi connectivity index (χ1) is 6.31. The summed E-state index contributed by atoms with van der Waals surface area (Å²) < 4.78 is 5.69. The number of unbranched alkanes of at least 4 members (excludes halogenated alkanes) is 4. The largest absolute Gasteiger partial charge is 0.379 e. The van der Waals surface area contributed by atoms with Crippen molar-refractivity contribution in [3.63, 3.8) is 0 Å². The second-order valence-corrected chi connectivity index (χ2v) is 3.88. The number of ether oxygens (including phenoxy) is 1. The fourth-order valence-electron chi connectivity index (χ4n) is 1.39. The highest BCUT2D eigenvalue weighted by Crippen LogP contribution is 2.06. The van der Waals surface area contributed by atoms with Gasteiger partial charge in [0, 0.05) is 6.61 Å². The van der Waals surface area contributed by atoms with Crippen LogP contribution in [0.4, 0.5) is 0 Å². The summed E-state index contributed by atoms with van der Waals surface area (Å²) in [6, 6.07) is 0. The maximum absolute atomic E-state index is 5.69. The van der Waals surface area contributed by atoms with Gasteiger partial charge in [-0.15, -0.1) is 0 Å². The van der Waals surface area contributed by atoms with Crippen LogP contribution in [0.1, 0.15) is 65.7 Å². The van der Waals surface area contributed by atoms with Crippen LogP contribution in [0.2, 0.25) is 0 Å². The molecule has 0 spiro atoms. The fourth-order valence-corrected chi connectivity index (χ4v) is 1.39. The molecule has 0 N–H and O–H groups in total. The van der Waals surface area contributed by atoms with Crippen molar-refractivity contribution < 1.29 is 4.74 Å². The fraction of sp³-hybridized carbons (Fsp3) is 1.00. The molecule has 0 rings (SSSR count). The quantitative estimate of drug-likeness (QED) is 0.491. The summed E-state index contributed by atoms with van der Waals surface area (Å²) in [7, 11) is 0. The van der Waals surface area contributed by atoms with Crippen LogP contribution in [0.25, 0.3) is 0 Å². The monoisotopic (exact) mass is 186 g/mol. The molecule has 1 unspecified atom stereocenters. The van der Waals surface area contributed by atoms with Crippen molar-refractivity contribution in [3.05, 3.63) is 0 Å². The van der Waals surface area contributed by atoms with E-state index in [4.69, 9.17) is 4.74 Å². The highest BCUT2D eigenvalue weighted by Gasteiger charge is 1.99. The number of hydrogen-bond acceptors (Lipinski definition) is 1. The van der Waals surface area contributed by atoms with E-state index >= 15 is 0 Å². The third kappa shape index (κ3) is 9.88. The van der Waals surface area contributed by atoms with Gasteiger partial charge in [0.05, 0.1) is 6.10 Å². The molecule has 0 heterocycles. The molecule has 0 aliphatic rings. The number of hydrogen-bond donors (Lipinski definition) is 0. The Morgan fingerprint density at radius 1 is 0.923 bits per heavy atom. The molecule has 0 aromatic heterocycles. The summed E-state index contributed by atoms with van der Waals surface area (Å²) in [4.78, 5) is 0. The van der Waals surface area contributed by atoms with E-state index in [-0.39, 0.29) is 0 Å². The van der Waals surface area contributed by atoms with Gasteiger partial charge in [-0.05, 0) is 19.8 Å². The summed E-state index contributed by atoms with van der Waals surface area (Å²) in [5, 5.41) is 0. The molecule has 0 saturated carbocycles. The lowest BCUT2D eigenvalue weighted by Gasteiger charge is -2.11. The molecule has 0 fully saturated rings. The van der Waals surface area contributed by atoms with Crippen LogP contribution in [0.3, 0.4) is 0 Å². The molecule has 1 heteroatoms. The first-order valence-corrected chi connectivity index (χ1v) is 5.92. The van der Waals surface area contributed by atoms with Crippen LogP contribution < -0.4 is 0 Å². The Hall–Kier alpha value is -0.0400. The van der Waals surface area contributed by atoms with Gasteiger partial charge < -0.3 is 4.74 Å². The highest BCUT2D eigenvalue weighted by molar-refractivity contribution is 4.50. The SMILES string of the molecule is CCCCCCOC(C)CCCC. The Bertz CT molecular complexity index is 91.1. The van der Waals surface area contributed by atoms with Crippen LogP contribution in [-0.2, 0) is 4.74 Å². The van der Waals surface area contributed by atoms with Gasteiger partial charge >= 0.3 is 0 Å². The second kappa shape index (κ2) is 10.0. The van der Waals surface area contributed by atoms with E-state index in [0.717, 1.165) is 6.61 Å². The van der Waals surface area contributed by atoms with Crippen molar-refractivity contribution in [2.24, 2.45) is 0 Å². The molecule has 80 valence electrons. The first kappa shape index (κ1) is 13.0. The zero-order chi connectivity index (χ0) is 9.94. The van der Waals surface area contributed by atoms with E-state index in [1.54, 1.807) is 0 Å². The lowest BCUT2D eigenvalue weighted by molar-refractivity contribution is 0.0561. The Morgan fingerprint density at radius 3 is 2.23 bits per heavy atom. The first-order valence-electron chi connectivity index (χ1n) is 5.92. The average molecular weight is 186 g/mol. The van der Waals surface area contributed by atoms with E-state index in [1.807, 2.05) is 0 Å². The summed E-state index contributed by atoms with van der Waals surface area (Å²) in [5.74, 6) is 0. The van der Waals surface area contributed by atoms with Crippen LogP contribution in [0.15, 0.2) is 0 Å². The molecular weight excluding hydrogens is 160 g/mol. The van der Waals surface area contributed by atoms with E-state index in [0.29, 0.717) is 6.10 Å². The molecule has 0 aliphatic carbocycles. The van der Waals surface area contributed by atoms with Crippen molar-refractivity contribution in [2.75, 3.05) is 6.61 Å². The molecule has 0 radical (unpaired) electrons. The molecule has 0 bridgehead atoms. The topological polar surface area (TPSA) is 9.23 Å².